The highest BCUT2D eigenvalue weighted by molar-refractivity contribution is 5.87. The Labute approximate surface area is 90.7 Å². The van der Waals surface area contributed by atoms with Crippen LogP contribution in [0.5, 0.6) is 0 Å². The van der Waals surface area contributed by atoms with Crippen LogP contribution in [0.1, 0.15) is 43.9 Å². The smallest absolute Gasteiger partial charge is 0.144 e. The van der Waals surface area contributed by atoms with Crippen molar-refractivity contribution in [3.05, 3.63) is 29.6 Å². The summed E-state index contributed by atoms with van der Waals surface area (Å²) in [5.41, 5.74) is 2.30. The van der Waals surface area contributed by atoms with Crippen LogP contribution in [-0.4, -0.2) is 10.8 Å². The summed E-state index contributed by atoms with van der Waals surface area (Å²) in [6, 6.07) is 4.06. The number of pyridine rings is 1. The van der Waals surface area contributed by atoms with Gasteiger partial charge in [-0.15, -0.1) is 0 Å². The summed E-state index contributed by atoms with van der Waals surface area (Å²) in [6.45, 7) is 3.94. The van der Waals surface area contributed by atoms with Crippen LogP contribution in [0.3, 0.4) is 0 Å². The second-order valence-corrected chi connectivity index (χ2v) is 4.55. The molecule has 0 amide bonds. The molecule has 0 N–H and O–H groups in total. The predicted molar refractivity (Wildman–Crippen MR) is 59.8 cm³/mol. The Hall–Kier alpha value is -1.18. The van der Waals surface area contributed by atoms with Gasteiger partial charge in [0.05, 0.1) is 11.6 Å². The van der Waals surface area contributed by atoms with E-state index in [4.69, 9.17) is 0 Å². The van der Waals surface area contributed by atoms with Crippen LogP contribution in [0, 0.1) is 5.92 Å². The van der Waals surface area contributed by atoms with Crippen molar-refractivity contribution in [3.63, 3.8) is 0 Å². The van der Waals surface area contributed by atoms with Gasteiger partial charge in [-0.1, -0.05) is 19.9 Å². The highest BCUT2D eigenvalue weighted by Crippen LogP contribution is 2.32. The minimum Gasteiger partial charge on any atom is -0.299 e. The zero-order chi connectivity index (χ0) is 10.8. The van der Waals surface area contributed by atoms with Crippen LogP contribution < -0.4 is 0 Å². The van der Waals surface area contributed by atoms with E-state index in [1.54, 1.807) is 6.20 Å². The third-order valence-corrected chi connectivity index (χ3v) is 3.11. The molecule has 0 aromatic carbocycles. The maximum atomic E-state index is 12.0. The maximum absolute atomic E-state index is 12.0. The van der Waals surface area contributed by atoms with Crippen molar-refractivity contribution in [1.29, 1.82) is 0 Å². The fourth-order valence-electron chi connectivity index (χ4n) is 2.29. The Morgan fingerprint density at radius 1 is 1.53 bits per heavy atom. The molecule has 0 fully saturated rings. The SMILES string of the molecule is CC(C)C(=O)C1CCCc2cccnc21. The highest BCUT2D eigenvalue weighted by Gasteiger charge is 2.28. The zero-order valence-corrected chi connectivity index (χ0v) is 9.36. The van der Waals surface area contributed by atoms with Gasteiger partial charge in [0, 0.05) is 12.1 Å². The molecule has 1 heterocycles. The van der Waals surface area contributed by atoms with E-state index in [1.807, 2.05) is 19.9 Å². The second kappa shape index (κ2) is 4.13. The fourth-order valence-corrected chi connectivity index (χ4v) is 2.29. The van der Waals surface area contributed by atoms with Gasteiger partial charge >= 0.3 is 0 Å². The summed E-state index contributed by atoms with van der Waals surface area (Å²) in [7, 11) is 0. The lowest BCUT2D eigenvalue weighted by molar-refractivity contribution is -0.123. The topological polar surface area (TPSA) is 30.0 Å². The molecule has 1 aliphatic carbocycles. The third-order valence-electron chi connectivity index (χ3n) is 3.11. The van der Waals surface area contributed by atoms with Crippen molar-refractivity contribution in [2.75, 3.05) is 0 Å². The van der Waals surface area contributed by atoms with Gasteiger partial charge in [-0.2, -0.15) is 0 Å². The standard InChI is InChI=1S/C13H17NO/c1-9(2)13(15)11-7-3-5-10-6-4-8-14-12(10)11/h4,6,8-9,11H,3,5,7H2,1-2H3. The summed E-state index contributed by atoms with van der Waals surface area (Å²) in [6.07, 6.45) is 4.96. The Bertz CT molecular complexity index is 371. The molecule has 1 atom stereocenters. The van der Waals surface area contributed by atoms with Gasteiger partial charge in [0.1, 0.15) is 5.78 Å². The fraction of sp³-hybridized carbons (Fsp3) is 0.538. The molecule has 0 bridgehead atoms. The largest absolute Gasteiger partial charge is 0.299 e. The molecule has 1 aromatic heterocycles. The molecule has 1 unspecified atom stereocenters. The maximum Gasteiger partial charge on any atom is 0.144 e. The number of hydrogen-bond acceptors (Lipinski definition) is 2. The molecule has 1 aliphatic rings. The molecule has 0 spiro atoms. The van der Waals surface area contributed by atoms with Gasteiger partial charge in [-0.3, -0.25) is 9.78 Å². The number of hydrogen-bond donors (Lipinski definition) is 0. The summed E-state index contributed by atoms with van der Waals surface area (Å²) >= 11 is 0. The minimum absolute atomic E-state index is 0.0509. The minimum atomic E-state index is 0.0509. The first kappa shape index (κ1) is 10.3. The molecule has 0 saturated heterocycles. The molecule has 0 radical (unpaired) electrons. The van der Waals surface area contributed by atoms with Crippen molar-refractivity contribution in [3.8, 4) is 0 Å². The lowest BCUT2D eigenvalue weighted by atomic mass is 9.81. The van der Waals surface area contributed by atoms with Crippen LogP contribution in [0.2, 0.25) is 0 Å². The van der Waals surface area contributed by atoms with E-state index in [-0.39, 0.29) is 11.8 Å². The van der Waals surface area contributed by atoms with E-state index in [1.165, 1.54) is 5.56 Å². The van der Waals surface area contributed by atoms with Gasteiger partial charge in [0.2, 0.25) is 0 Å². The molecule has 2 nitrogen and oxygen atoms in total. The van der Waals surface area contributed by atoms with Crippen LogP contribution >= 0.6 is 0 Å². The Morgan fingerprint density at radius 3 is 3.07 bits per heavy atom. The van der Waals surface area contributed by atoms with E-state index in [0.717, 1.165) is 25.0 Å². The molecule has 2 heteroatoms. The van der Waals surface area contributed by atoms with Crippen molar-refractivity contribution >= 4 is 5.78 Å². The van der Waals surface area contributed by atoms with Crippen LogP contribution in [-0.2, 0) is 11.2 Å². The van der Waals surface area contributed by atoms with Gasteiger partial charge in [-0.05, 0) is 30.9 Å². The highest BCUT2D eigenvalue weighted by atomic mass is 16.1. The van der Waals surface area contributed by atoms with Crippen molar-refractivity contribution in [1.82, 2.24) is 4.98 Å². The van der Waals surface area contributed by atoms with Crippen LogP contribution in [0.4, 0.5) is 0 Å². The quantitative estimate of drug-likeness (QED) is 0.739. The van der Waals surface area contributed by atoms with E-state index < -0.39 is 0 Å². The Morgan fingerprint density at radius 2 is 2.33 bits per heavy atom. The molecular formula is C13H17NO. The van der Waals surface area contributed by atoms with Crippen molar-refractivity contribution < 1.29 is 4.79 Å². The second-order valence-electron chi connectivity index (χ2n) is 4.55. The third kappa shape index (κ3) is 1.94. The molecular weight excluding hydrogens is 186 g/mol. The van der Waals surface area contributed by atoms with E-state index in [2.05, 4.69) is 11.1 Å². The number of Topliss-reactive ketones (excluding diaryl/α,β-unsaturated/α-hetero) is 1. The van der Waals surface area contributed by atoms with Crippen LogP contribution in [0.25, 0.3) is 0 Å². The predicted octanol–water partition coefficient (Wildman–Crippen LogP) is 2.73. The number of carbonyl (C=O) groups excluding carboxylic acids is 1. The number of aryl methyl sites for hydroxylation is 1. The average molecular weight is 203 g/mol. The van der Waals surface area contributed by atoms with Crippen LogP contribution in [0.15, 0.2) is 18.3 Å². The lowest BCUT2D eigenvalue weighted by Gasteiger charge is -2.24. The normalized spacial score (nSPS) is 20.1. The lowest BCUT2D eigenvalue weighted by Crippen LogP contribution is -2.23. The van der Waals surface area contributed by atoms with Gasteiger partial charge in [0.25, 0.3) is 0 Å². The average Bonchev–Trinajstić information content (AvgIpc) is 2.27. The number of ketones is 1. The molecule has 0 saturated carbocycles. The van der Waals surface area contributed by atoms with Gasteiger partial charge < -0.3 is 0 Å². The Kier molecular flexibility index (Phi) is 2.85. The summed E-state index contributed by atoms with van der Waals surface area (Å²) < 4.78 is 0. The number of fused-ring (bicyclic) bond motifs is 1. The monoisotopic (exact) mass is 203 g/mol. The summed E-state index contributed by atoms with van der Waals surface area (Å²) in [5.74, 6) is 0.507. The molecule has 80 valence electrons. The van der Waals surface area contributed by atoms with Gasteiger partial charge in [-0.25, -0.2) is 0 Å². The van der Waals surface area contributed by atoms with E-state index in [0.29, 0.717) is 5.78 Å². The van der Waals surface area contributed by atoms with E-state index >= 15 is 0 Å². The first-order chi connectivity index (χ1) is 7.20. The molecule has 15 heavy (non-hydrogen) atoms. The Balaban J connectivity index is 2.34. The number of carbonyl (C=O) groups is 1. The first-order valence-electron chi connectivity index (χ1n) is 5.67. The van der Waals surface area contributed by atoms with E-state index in [9.17, 15) is 4.79 Å². The summed E-state index contributed by atoms with van der Waals surface area (Å²) in [4.78, 5) is 16.4. The van der Waals surface area contributed by atoms with Crippen molar-refractivity contribution in [2.24, 2.45) is 5.92 Å². The first-order valence-corrected chi connectivity index (χ1v) is 5.67. The molecule has 0 aliphatic heterocycles. The number of aromatic nitrogens is 1. The molecule has 1 aromatic rings. The number of nitrogens with zero attached hydrogens (tertiary/aromatic N) is 1. The zero-order valence-electron chi connectivity index (χ0n) is 9.36. The van der Waals surface area contributed by atoms with Crippen molar-refractivity contribution in [2.45, 2.75) is 39.0 Å². The summed E-state index contributed by atoms with van der Waals surface area (Å²) in [5, 5.41) is 0. The van der Waals surface area contributed by atoms with Gasteiger partial charge in [0.15, 0.2) is 0 Å². The molecule has 2 rings (SSSR count). The number of rotatable bonds is 2.